The lowest BCUT2D eigenvalue weighted by Gasteiger charge is -2.38. The Kier molecular flexibility index (Phi) is 6.65. The van der Waals surface area contributed by atoms with Crippen molar-refractivity contribution >= 4 is 10.2 Å². The lowest BCUT2D eigenvalue weighted by molar-refractivity contribution is 0.152. The first kappa shape index (κ1) is 18.9. The standard InChI is InChI=1S/C15H32N2O3S/c1-12(2)14(8-11-18)16-21(19,20)17-9-6-13(7-10-17)15(3,4)5/h12-14,16,18H,6-11H2,1-5H3. The number of aliphatic hydroxyl groups excluding tert-OH is 1. The molecule has 1 atom stereocenters. The Bertz CT molecular complexity index is 407. The van der Waals surface area contributed by atoms with E-state index in [0.717, 1.165) is 12.8 Å². The highest BCUT2D eigenvalue weighted by Gasteiger charge is 2.34. The van der Waals surface area contributed by atoms with Crippen molar-refractivity contribution in [1.29, 1.82) is 0 Å². The molecule has 21 heavy (non-hydrogen) atoms. The molecular weight excluding hydrogens is 288 g/mol. The second kappa shape index (κ2) is 7.40. The van der Waals surface area contributed by atoms with E-state index < -0.39 is 10.2 Å². The van der Waals surface area contributed by atoms with Gasteiger partial charge in [0.2, 0.25) is 0 Å². The summed E-state index contributed by atoms with van der Waals surface area (Å²) in [4.78, 5) is 0. The van der Waals surface area contributed by atoms with E-state index in [4.69, 9.17) is 5.11 Å². The van der Waals surface area contributed by atoms with Crippen LogP contribution in [0, 0.1) is 17.3 Å². The van der Waals surface area contributed by atoms with E-state index in [9.17, 15) is 8.42 Å². The van der Waals surface area contributed by atoms with Gasteiger partial charge in [-0.05, 0) is 36.5 Å². The van der Waals surface area contributed by atoms with Crippen LogP contribution in [-0.4, -0.2) is 43.6 Å². The highest BCUT2D eigenvalue weighted by atomic mass is 32.2. The highest BCUT2D eigenvalue weighted by molar-refractivity contribution is 7.87. The molecule has 0 radical (unpaired) electrons. The van der Waals surface area contributed by atoms with Crippen molar-refractivity contribution in [3.63, 3.8) is 0 Å². The number of nitrogens with one attached hydrogen (secondary N) is 1. The largest absolute Gasteiger partial charge is 0.396 e. The molecule has 1 unspecified atom stereocenters. The van der Waals surface area contributed by atoms with Crippen molar-refractivity contribution in [2.45, 2.75) is 59.9 Å². The van der Waals surface area contributed by atoms with Crippen LogP contribution in [0.2, 0.25) is 0 Å². The quantitative estimate of drug-likeness (QED) is 0.786. The average Bonchev–Trinajstić information content (AvgIpc) is 2.37. The minimum atomic E-state index is -3.45. The number of hydrogen-bond acceptors (Lipinski definition) is 3. The lowest BCUT2D eigenvalue weighted by atomic mass is 9.76. The van der Waals surface area contributed by atoms with Gasteiger partial charge in [-0.25, -0.2) is 0 Å². The molecule has 5 nitrogen and oxygen atoms in total. The van der Waals surface area contributed by atoms with Gasteiger partial charge in [0.15, 0.2) is 0 Å². The van der Waals surface area contributed by atoms with Gasteiger partial charge in [0, 0.05) is 25.7 Å². The van der Waals surface area contributed by atoms with Gasteiger partial charge in [0.05, 0.1) is 0 Å². The number of piperidine rings is 1. The van der Waals surface area contributed by atoms with E-state index in [1.807, 2.05) is 13.8 Å². The summed E-state index contributed by atoms with van der Waals surface area (Å²) in [6, 6.07) is -0.208. The Morgan fingerprint density at radius 2 is 1.76 bits per heavy atom. The van der Waals surface area contributed by atoms with Crippen LogP contribution in [0.15, 0.2) is 0 Å². The maximum Gasteiger partial charge on any atom is 0.279 e. The molecule has 1 rings (SSSR count). The fourth-order valence-corrected chi connectivity index (χ4v) is 4.51. The van der Waals surface area contributed by atoms with Crippen LogP contribution in [0.4, 0.5) is 0 Å². The Hall–Kier alpha value is -0.170. The fourth-order valence-electron chi connectivity index (χ4n) is 2.90. The molecule has 0 aromatic rings. The molecule has 0 aromatic heterocycles. The number of hydrogen-bond donors (Lipinski definition) is 2. The van der Waals surface area contributed by atoms with Gasteiger partial charge in [-0.3, -0.25) is 0 Å². The van der Waals surface area contributed by atoms with Crippen LogP contribution in [0.3, 0.4) is 0 Å². The zero-order valence-electron chi connectivity index (χ0n) is 14.1. The van der Waals surface area contributed by atoms with Crippen LogP contribution in [0.1, 0.15) is 53.9 Å². The Morgan fingerprint density at radius 3 is 2.14 bits per heavy atom. The summed E-state index contributed by atoms with van der Waals surface area (Å²) >= 11 is 0. The maximum absolute atomic E-state index is 12.5. The molecule has 0 spiro atoms. The fraction of sp³-hybridized carbons (Fsp3) is 1.00. The monoisotopic (exact) mass is 320 g/mol. The number of nitrogens with zero attached hydrogens (tertiary/aromatic N) is 1. The first-order valence-electron chi connectivity index (χ1n) is 7.96. The van der Waals surface area contributed by atoms with Crippen LogP contribution in [0.25, 0.3) is 0 Å². The third-order valence-electron chi connectivity index (χ3n) is 4.56. The summed E-state index contributed by atoms with van der Waals surface area (Å²) in [5, 5.41) is 9.07. The van der Waals surface area contributed by atoms with Crippen molar-refractivity contribution in [2.24, 2.45) is 17.3 Å². The summed E-state index contributed by atoms with van der Waals surface area (Å²) in [7, 11) is -3.45. The van der Waals surface area contributed by atoms with Crippen molar-refractivity contribution in [3.05, 3.63) is 0 Å². The van der Waals surface area contributed by atoms with Gasteiger partial charge in [-0.2, -0.15) is 17.4 Å². The number of rotatable bonds is 6. The van der Waals surface area contributed by atoms with E-state index in [2.05, 4.69) is 25.5 Å². The first-order chi connectivity index (χ1) is 9.58. The zero-order chi connectivity index (χ0) is 16.3. The highest BCUT2D eigenvalue weighted by Crippen LogP contribution is 2.34. The van der Waals surface area contributed by atoms with Gasteiger partial charge in [0.1, 0.15) is 0 Å². The summed E-state index contributed by atoms with van der Waals surface area (Å²) in [5.41, 5.74) is 0.237. The van der Waals surface area contributed by atoms with Crippen molar-refractivity contribution in [1.82, 2.24) is 9.03 Å². The Balaban J connectivity index is 2.64. The molecule has 0 aromatic carbocycles. The second-order valence-corrected chi connectivity index (χ2v) is 9.23. The summed E-state index contributed by atoms with van der Waals surface area (Å²) in [6.07, 6.45) is 2.28. The van der Waals surface area contributed by atoms with Gasteiger partial charge < -0.3 is 5.11 Å². The van der Waals surface area contributed by atoms with E-state index in [0.29, 0.717) is 25.4 Å². The Labute approximate surface area is 130 Å². The number of aliphatic hydroxyl groups is 1. The van der Waals surface area contributed by atoms with Gasteiger partial charge in [0.25, 0.3) is 10.2 Å². The molecule has 1 aliphatic rings. The van der Waals surface area contributed by atoms with E-state index in [-0.39, 0.29) is 24.0 Å². The minimum absolute atomic E-state index is 0.00252. The molecule has 0 aliphatic carbocycles. The molecule has 1 heterocycles. The van der Waals surface area contributed by atoms with E-state index >= 15 is 0 Å². The average molecular weight is 320 g/mol. The summed E-state index contributed by atoms with van der Waals surface area (Å²) < 4.78 is 29.2. The molecule has 126 valence electrons. The van der Waals surface area contributed by atoms with Crippen molar-refractivity contribution < 1.29 is 13.5 Å². The lowest BCUT2D eigenvalue weighted by Crippen LogP contribution is -2.50. The van der Waals surface area contributed by atoms with Crippen LogP contribution >= 0.6 is 0 Å². The van der Waals surface area contributed by atoms with Gasteiger partial charge in [-0.1, -0.05) is 34.6 Å². The zero-order valence-corrected chi connectivity index (χ0v) is 14.9. The van der Waals surface area contributed by atoms with Gasteiger partial charge >= 0.3 is 0 Å². The topological polar surface area (TPSA) is 69.6 Å². The van der Waals surface area contributed by atoms with E-state index in [1.54, 1.807) is 4.31 Å². The van der Waals surface area contributed by atoms with Crippen molar-refractivity contribution in [2.75, 3.05) is 19.7 Å². The molecule has 1 fully saturated rings. The molecule has 1 aliphatic heterocycles. The molecule has 6 heteroatoms. The molecule has 1 saturated heterocycles. The van der Waals surface area contributed by atoms with E-state index in [1.165, 1.54) is 0 Å². The smallest absolute Gasteiger partial charge is 0.279 e. The summed E-state index contributed by atoms with van der Waals surface area (Å²) in [5.74, 6) is 0.737. The van der Waals surface area contributed by atoms with Crippen molar-refractivity contribution in [3.8, 4) is 0 Å². The Morgan fingerprint density at radius 1 is 1.24 bits per heavy atom. The molecule has 2 N–H and O–H groups in total. The summed E-state index contributed by atoms with van der Waals surface area (Å²) in [6.45, 7) is 11.8. The van der Waals surface area contributed by atoms with Crippen LogP contribution < -0.4 is 4.72 Å². The van der Waals surface area contributed by atoms with Gasteiger partial charge in [-0.15, -0.1) is 0 Å². The third-order valence-corrected chi connectivity index (χ3v) is 6.21. The predicted octanol–water partition coefficient (Wildman–Crippen LogP) is 1.99. The van der Waals surface area contributed by atoms with Crippen LogP contribution in [0.5, 0.6) is 0 Å². The normalized spacial score (nSPS) is 20.9. The minimum Gasteiger partial charge on any atom is -0.396 e. The molecule has 0 saturated carbocycles. The molecule has 0 bridgehead atoms. The molecular formula is C15H32N2O3S. The predicted molar refractivity (Wildman–Crippen MR) is 86.1 cm³/mol. The molecule has 0 amide bonds. The third kappa shape index (κ3) is 5.51. The first-order valence-corrected chi connectivity index (χ1v) is 9.40. The second-order valence-electron chi connectivity index (χ2n) is 7.53. The maximum atomic E-state index is 12.5. The van der Waals surface area contributed by atoms with Crippen LogP contribution in [-0.2, 0) is 10.2 Å². The SMILES string of the molecule is CC(C)C(CCO)NS(=O)(=O)N1CCC(C(C)(C)C)CC1.